The van der Waals surface area contributed by atoms with Gasteiger partial charge in [0, 0.05) is 6.54 Å². The highest BCUT2D eigenvalue weighted by Gasteiger charge is 2.24. The van der Waals surface area contributed by atoms with E-state index in [-0.39, 0.29) is 12.5 Å². The highest BCUT2D eigenvalue weighted by molar-refractivity contribution is 5.85. The minimum absolute atomic E-state index is 0.107. The van der Waals surface area contributed by atoms with E-state index in [0.717, 1.165) is 6.42 Å². The fourth-order valence-electron chi connectivity index (χ4n) is 0.715. The molecule has 5 heteroatoms. The number of rotatable bonds is 6. The summed E-state index contributed by atoms with van der Waals surface area (Å²) in [5.74, 6) is -0.595. The molecule has 0 aromatic carbocycles. The van der Waals surface area contributed by atoms with Gasteiger partial charge in [0.1, 0.15) is 0 Å². The van der Waals surface area contributed by atoms with Gasteiger partial charge < -0.3 is 11.1 Å². The fourth-order valence-corrected chi connectivity index (χ4v) is 0.715. The Bertz CT molecular complexity index is 214. The van der Waals surface area contributed by atoms with Crippen molar-refractivity contribution < 1.29 is 9.59 Å². The zero-order valence-electron chi connectivity index (χ0n) is 9.02. The topological polar surface area (TPSA) is 84.2 Å². The molecule has 2 amide bonds. The van der Waals surface area contributed by atoms with Crippen LogP contribution in [0.25, 0.3) is 0 Å². The third-order valence-corrected chi connectivity index (χ3v) is 1.88. The van der Waals surface area contributed by atoms with Gasteiger partial charge in [-0.2, -0.15) is 0 Å². The van der Waals surface area contributed by atoms with Crippen molar-refractivity contribution in [3.8, 4) is 0 Å². The quantitative estimate of drug-likeness (QED) is 0.535. The van der Waals surface area contributed by atoms with Crippen LogP contribution in [0.3, 0.4) is 0 Å². The summed E-state index contributed by atoms with van der Waals surface area (Å²) < 4.78 is 0. The van der Waals surface area contributed by atoms with Crippen LogP contribution in [0.4, 0.5) is 0 Å². The van der Waals surface area contributed by atoms with Gasteiger partial charge in [-0.3, -0.25) is 14.9 Å². The van der Waals surface area contributed by atoms with Crippen molar-refractivity contribution in [3.63, 3.8) is 0 Å². The van der Waals surface area contributed by atoms with Gasteiger partial charge in [0.05, 0.1) is 12.1 Å². The van der Waals surface area contributed by atoms with Crippen LogP contribution in [0.5, 0.6) is 0 Å². The van der Waals surface area contributed by atoms with E-state index < -0.39 is 11.4 Å². The molecule has 0 spiro atoms. The number of hydrogen-bond donors (Lipinski definition) is 3. The van der Waals surface area contributed by atoms with E-state index in [2.05, 4.69) is 10.6 Å². The van der Waals surface area contributed by atoms with Crippen LogP contribution < -0.4 is 16.4 Å². The van der Waals surface area contributed by atoms with Crippen LogP contribution >= 0.6 is 0 Å². The second-order valence-corrected chi connectivity index (χ2v) is 3.69. The van der Waals surface area contributed by atoms with E-state index in [1.54, 1.807) is 13.8 Å². The van der Waals surface area contributed by atoms with Crippen LogP contribution in [0, 0.1) is 0 Å². The molecule has 0 atom stereocenters. The lowest BCUT2D eigenvalue weighted by Crippen LogP contribution is -2.53. The SMILES string of the molecule is CCCNC(=O)CNC(C)(C)C(N)=O. The summed E-state index contributed by atoms with van der Waals surface area (Å²) in [6.07, 6.45) is 0.894. The van der Waals surface area contributed by atoms with Crippen molar-refractivity contribution >= 4 is 11.8 Å². The van der Waals surface area contributed by atoms with Gasteiger partial charge in [0.2, 0.25) is 11.8 Å². The van der Waals surface area contributed by atoms with Crippen molar-refractivity contribution in [1.82, 2.24) is 10.6 Å². The maximum Gasteiger partial charge on any atom is 0.237 e. The summed E-state index contributed by atoms with van der Waals surface area (Å²) in [7, 11) is 0. The first-order valence-electron chi connectivity index (χ1n) is 4.71. The smallest absolute Gasteiger partial charge is 0.237 e. The first-order valence-corrected chi connectivity index (χ1v) is 4.71. The number of amides is 2. The minimum Gasteiger partial charge on any atom is -0.368 e. The second kappa shape index (κ2) is 5.59. The summed E-state index contributed by atoms with van der Waals surface area (Å²) in [4.78, 5) is 22.0. The van der Waals surface area contributed by atoms with E-state index in [9.17, 15) is 9.59 Å². The summed E-state index contributed by atoms with van der Waals surface area (Å²) in [6.45, 7) is 6.01. The van der Waals surface area contributed by atoms with Crippen molar-refractivity contribution in [2.45, 2.75) is 32.7 Å². The molecule has 0 fully saturated rings. The number of carbonyl (C=O) groups is 2. The lowest BCUT2D eigenvalue weighted by molar-refractivity contribution is -0.124. The van der Waals surface area contributed by atoms with Gasteiger partial charge in [-0.05, 0) is 20.3 Å². The number of primary amides is 1. The predicted octanol–water partition coefficient (Wildman–Crippen LogP) is -0.634. The Labute approximate surface area is 84.4 Å². The summed E-state index contributed by atoms with van der Waals surface area (Å²) in [5.41, 5.74) is 4.28. The van der Waals surface area contributed by atoms with Gasteiger partial charge in [-0.25, -0.2) is 0 Å². The van der Waals surface area contributed by atoms with Crippen molar-refractivity contribution in [3.05, 3.63) is 0 Å². The van der Waals surface area contributed by atoms with Crippen LogP contribution in [-0.2, 0) is 9.59 Å². The third-order valence-electron chi connectivity index (χ3n) is 1.88. The van der Waals surface area contributed by atoms with E-state index in [1.165, 1.54) is 0 Å². The fraction of sp³-hybridized carbons (Fsp3) is 0.778. The Hall–Kier alpha value is -1.10. The molecule has 0 aromatic rings. The maximum absolute atomic E-state index is 11.1. The molecule has 0 heterocycles. The second-order valence-electron chi connectivity index (χ2n) is 3.69. The molecular formula is C9H19N3O2. The molecule has 0 saturated carbocycles. The summed E-state index contributed by atoms with van der Waals surface area (Å²) in [6, 6.07) is 0. The first kappa shape index (κ1) is 12.9. The lowest BCUT2D eigenvalue weighted by atomic mass is 10.1. The predicted molar refractivity (Wildman–Crippen MR) is 54.6 cm³/mol. The van der Waals surface area contributed by atoms with Gasteiger partial charge >= 0.3 is 0 Å². The first-order chi connectivity index (χ1) is 6.40. The standard InChI is InChI=1S/C9H19N3O2/c1-4-5-11-7(13)6-12-9(2,3)8(10)14/h12H,4-6H2,1-3H3,(H2,10,14)(H,11,13). The van der Waals surface area contributed by atoms with E-state index in [4.69, 9.17) is 5.73 Å². The average molecular weight is 201 g/mol. The molecule has 0 aliphatic rings. The number of nitrogens with one attached hydrogen (secondary N) is 2. The molecular weight excluding hydrogens is 182 g/mol. The average Bonchev–Trinajstić information content (AvgIpc) is 2.11. The molecule has 0 aliphatic carbocycles. The van der Waals surface area contributed by atoms with E-state index >= 15 is 0 Å². The van der Waals surface area contributed by atoms with Gasteiger partial charge in [-0.1, -0.05) is 6.92 Å². The van der Waals surface area contributed by atoms with Crippen molar-refractivity contribution in [2.75, 3.05) is 13.1 Å². The van der Waals surface area contributed by atoms with Crippen molar-refractivity contribution in [2.24, 2.45) is 5.73 Å². The lowest BCUT2D eigenvalue weighted by Gasteiger charge is -2.21. The number of carbonyl (C=O) groups excluding carboxylic acids is 2. The Morgan fingerprint density at radius 1 is 1.36 bits per heavy atom. The van der Waals surface area contributed by atoms with E-state index in [1.807, 2.05) is 6.92 Å². The molecule has 0 aromatic heterocycles. The molecule has 0 unspecified atom stereocenters. The molecule has 14 heavy (non-hydrogen) atoms. The highest BCUT2D eigenvalue weighted by Crippen LogP contribution is 1.98. The number of hydrogen-bond acceptors (Lipinski definition) is 3. The molecule has 82 valence electrons. The molecule has 0 aliphatic heterocycles. The van der Waals surface area contributed by atoms with E-state index in [0.29, 0.717) is 6.54 Å². The van der Waals surface area contributed by atoms with Crippen LogP contribution in [0.15, 0.2) is 0 Å². The summed E-state index contributed by atoms with van der Waals surface area (Å²) in [5, 5.41) is 5.47. The minimum atomic E-state index is -0.844. The Morgan fingerprint density at radius 2 is 1.93 bits per heavy atom. The normalized spacial score (nSPS) is 11.1. The van der Waals surface area contributed by atoms with Gasteiger partial charge in [0.15, 0.2) is 0 Å². The van der Waals surface area contributed by atoms with Gasteiger partial charge in [-0.15, -0.1) is 0 Å². The monoisotopic (exact) mass is 201 g/mol. The third kappa shape index (κ3) is 4.81. The van der Waals surface area contributed by atoms with Crippen LogP contribution in [-0.4, -0.2) is 30.4 Å². The Kier molecular flexibility index (Phi) is 5.15. The molecule has 0 saturated heterocycles. The molecule has 5 nitrogen and oxygen atoms in total. The Morgan fingerprint density at radius 3 is 2.36 bits per heavy atom. The van der Waals surface area contributed by atoms with Crippen LogP contribution in [0.1, 0.15) is 27.2 Å². The highest BCUT2D eigenvalue weighted by atomic mass is 16.2. The van der Waals surface area contributed by atoms with Gasteiger partial charge in [0.25, 0.3) is 0 Å². The largest absolute Gasteiger partial charge is 0.368 e. The molecule has 0 rings (SSSR count). The summed E-state index contributed by atoms with van der Waals surface area (Å²) >= 11 is 0. The zero-order chi connectivity index (χ0) is 11.2. The maximum atomic E-state index is 11.1. The Balaban J connectivity index is 3.82. The van der Waals surface area contributed by atoms with Crippen molar-refractivity contribution in [1.29, 1.82) is 0 Å². The number of nitrogens with two attached hydrogens (primary N) is 1. The van der Waals surface area contributed by atoms with Crippen LogP contribution in [0.2, 0.25) is 0 Å². The molecule has 4 N–H and O–H groups in total. The zero-order valence-corrected chi connectivity index (χ0v) is 9.02. The molecule has 0 bridgehead atoms. The molecule has 0 radical (unpaired) electrons.